The number of benzene rings is 2. The molecule has 0 aliphatic rings. The van der Waals surface area contributed by atoms with E-state index >= 15 is 0 Å². The molecule has 0 bridgehead atoms. The fourth-order valence-corrected chi connectivity index (χ4v) is 2.87. The molecule has 22 heavy (non-hydrogen) atoms. The number of hydrogen-bond donors (Lipinski definition) is 1. The van der Waals surface area contributed by atoms with Crippen LogP contribution in [0.1, 0.15) is 5.56 Å². The average Bonchev–Trinajstić information content (AvgIpc) is 3.05. The van der Waals surface area contributed by atoms with Gasteiger partial charge in [-0.1, -0.05) is 54.2 Å². The van der Waals surface area contributed by atoms with Crippen LogP contribution in [-0.4, -0.2) is 28.0 Å². The third-order valence-electron chi connectivity index (χ3n) is 3.29. The molecule has 3 rings (SSSR count). The lowest BCUT2D eigenvalue weighted by Crippen LogP contribution is -1.90. The molecular weight excluding hydrogens is 294 g/mol. The lowest BCUT2D eigenvalue weighted by atomic mass is 10.2. The third kappa shape index (κ3) is 3.68. The van der Waals surface area contributed by atoms with Crippen molar-refractivity contribution >= 4 is 11.8 Å². The minimum atomic E-state index is 0.785. The molecule has 1 heterocycles. The Morgan fingerprint density at radius 2 is 1.82 bits per heavy atom. The van der Waals surface area contributed by atoms with Gasteiger partial charge in [0, 0.05) is 11.3 Å². The molecule has 0 aliphatic carbocycles. The maximum absolute atomic E-state index is 5.16. The number of nitrogens with one attached hydrogen (secondary N) is 1. The highest BCUT2D eigenvalue weighted by Crippen LogP contribution is 2.20. The summed E-state index contributed by atoms with van der Waals surface area (Å²) in [5, 5.41) is 8.03. The first-order valence-electron chi connectivity index (χ1n) is 7.09. The summed E-state index contributed by atoms with van der Waals surface area (Å²) in [6, 6.07) is 18.2. The summed E-state index contributed by atoms with van der Waals surface area (Å²) in [7, 11) is 1.68. The van der Waals surface area contributed by atoms with Gasteiger partial charge in [-0.2, -0.15) is 0 Å². The van der Waals surface area contributed by atoms with Gasteiger partial charge in [-0.15, -0.1) is 5.10 Å². The summed E-state index contributed by atoms with van der Waals surface area (Å²) in [6.07, 6.45) is 0.976. The normalized spacial score (nSPS) is 10.6. The third-order valence-corrected chi connectivity index (χ3v) is 4.14. The molecular formula is C17H17N3OS. The number of hydrogen-bond acceptors (Lipinski definition) is 4. The van der Waals surface area contributed by atoms with Crippen molar-refractivity contribution < 1.29 is 4.74 Å². The van der Waals surface area contributed by atoms with Gasteiger partial charge in [-0.05, 0) is 24.1 Å². The van der Waals surface area contributed by atoms with Crippen LogP contribution >= 0.6 is 11.8 Å². The summed E-state index contributed by atoms with van der Waals surface area (Å²) in [4.78, 5) is 4.52. The van der Waals surface area contributed by atoms with E-state index in [0.717, 1.165) is 34.5 Å². The number of H-pyrrole nitrogens is 1. The minimum absolute atomic E-state index is 0.785. The van der Waals surface area contributed by atoms with Crippen molar-refractivity contribution in [2.75, 3.05) is 12.9 Å². The second-order valence-corrected chi connectivity index (χ2v) is 5.84. The Bertz CT molecular complexity index is 710. The van der Waals surface area contributed by atoms with E-state index in [1.54, 1.807) is 18.9 Å². The Morgan fingerprint density at radius 3 is 2.55 bits per heavy atom. The summed E-state index contributed by atoms with van der Waals surface area (Å²) in [5.41, 5.74) is 2.34. The second kappa shape index (κ2) is 7.13. The van der Waals surface area contributed by atoms with Gasteiger partial charge in [0.05, 0.1) is 7.11 Å². The van der Waals surface area contributed by atoms with Gasteiger partial charge in [0.1, 0.15) is 5.75 Å². The first-order valence-corrected chi connectivity index (χ1v) is 8.07. The molecule has 0 atom stereocenters. The monoisotopic (exact) mass is 311 g/mol. The van der Waals surface area contributed by atoms with Gasteiger partial charge < -0.3 is 4.74 Å². The van der Waals surface area contributed by atoms with Crippen LogP contribution in [-0.2, 0) is 6.42 Å². The van der Waals surface area contributed by atoms with Crippen LogP contribution in [0.2, 0.25) is 0 Å². The highest BCUT2D eigenvalue weighted by atomic mass is 32.2. The molecule has 1 aromatic heterocycles. The number of aromatic nitrogens is 3. The topological polar surface area (TPSA) is 50.8 Å². The zero-order valence-electron chi connectivity index (χ0n) is 12.3. The van der Waals surface area contributed by atoms with E-state index in [-0.39, 0.29) is 0 Å². The van der Waals surface area contributed by atoms with E-state index in [0.29, 0.717) is 0 Å². The van der Waals surface area contributed by atoms with Gasteiger partial charge in [0.2, 0.25) is 5.16 Å². The Hall–Kier alpha value is -2.27. The Balaban J connectivity index is 1.54. The molecule has 0 amide bonds. The van der Waals surface area contributed by atoms with Crippen LogP contribution in [0.15, 0.2) is 59.8 Å². The minimum Gasteiger partial charge on any atom is -0.497 e. The van der Waals surface area contributed by atoms with Crippen molar-refractivity contribution in [2.24, 2.45) is 0 Å². The quantitative estimate of drug-likeness (QED) is 0.703. The average molecular weight is 311 g/mol. The highest BCUT2D eigenvalue weighted by Gasteiger charge is 2.05. The highest BCUT2D eigenvalue weighted by molar-refractivity contribution is 7.99. The van der Waals surface area contributed by atoms with E-state index in [9.17, 15) is 0 Å². The molecule has 0 spiro atoms. The number of aryl methyl sites for hydroxylation is 1. The fraction of sp³-hybridized carbons (Fsp3) is 0.176. The van der Waals surface area contributed by atoms with Gasteiger partial charge in [-0.25, -0.2) is 4.98 Å². The first-order chi connectivity index (χ1) is 10.8. The molecule has 0 fully saturated rings. The molecule has 2 aromatic carbocycles. The SMILES string of the molecule is COc1ccc(CCSc2n[nH]c(-c3ccccc3)n2)cc1. The lowest BCUT2D eigenvalue weighted by Gasteiger charge is -2.02. The van der Waals surface area contributed by atoms with Crippen LogP contribution in [0, 0.1) is 0 Å². The van der Waals surface area contributed by atoms with Crippen molar-refractivity contribution in [3.8, 4) is 17.1 Å². The number of methoxy groups -OCH3 is 1. The van der Waals surface area contributed by atoms with Crippen molar-refractivity contribution in [3.63, 3.8) is 0 Å². The molecule has 112 valence electrons. The van der Waals surface area contributed by atoms with Crippen molar-refractivity contribution in [3.05, 3.63) is 60.2 Å². The van der Waals surface area contributed by atoms with Gasteiger partial charge in [-0.3, -0.25) is 5.10 Å². The number of aromatic amines is 1. The second-order valence-electron chi connectivity index (χ2n) is 4.78. The predicted molar refractivity (Wildman–Crippen MR) is 89.2 cm³/mol. The van der Waals surface area contributed by atoms with Gasteiger partial charge in [0.15, 0.2) is 5.82 Å². The number of nitrogens with zero attached hydrogens (tertiary/aromatic N) is 2. The summed E-state index contributed by atoms with van der Waals surface area (Å²) in [5.74, 6) is 2.64. The lowest BCUT2D eigenvalue weighted by molar-refractivity contribution is 0.414. The Kier molecular flexibility index (Phi) is 4.75. The molecule has 1 N–H and O–H groups in total. The summed E-state index contributed by atoms with van der Waals surface area (Å²) in [6.45, 7) is 0. The largest absolute Gasteiger partial charge is 0.497 e. The molecule has 0 saturated carbocycles. The fourth-order valence-electron chi connectivity index (χ4n) is 2.09. The van der Waals surface area contributed by atoms with Gasteiger partial charge in [0.25, 0.3) is 0 Å². The van der Waals surface area contributed by atoms with E-state index < -0.39 is 0 Å². The Labute approximate surface area is 133 Å². The molecule has 0 radical (unpaired) electrons. The van der Waals surface area contributed by atoms with Crippen molar-refractivity contribution in [1.29, 1.82) is 0 Å². The van der Waals surface area contributed by atoms with E-state index in [4.69, 9.17) is 4.74 Å². The van der Waals surface area contributed by atoms with Crippen molar-refractivity contribution in [2.45, 2.75) is 11.6 Å². The molecule has 5 heteroatoms. The zero-order valence-corrected chi connectivity index (χ0v) is 13.1. The van der Waals surface area contributed by atoms with Crippen LogP contribution in [0.4, 0.5) is 0 Å². The Morgan fingerprint density at radius 1 is 1.05 bits per heavy atom. The smallest absolute Gasteiger partial charge is 0.208 e. The zero-order chi connectivity index (χ0) is 15.2. The van der Waals surface area contributed by atoms with E-state index in [1.807, 2.05) is 42.5 Å². The van der Waals surface area contributed by atoms with Crippen LogP contribution < -0.4 is 4.74 Å². The van der Waals surface area contributed by atoms with Gasteiger partial charge >= 0.3 is 0 Å². The first kappa shape index (κ1) is 14.7. The standard InChI is InChI=1S/C17H17N3OS/c1-21-15-9-7-13(8-10-15)11-12-22-17-18-16(19-20-17)14-5-3-2-4-6-14/h2-10H,11-12H2,1H3,(H,18,19,20). The number of rotatable bonds is 6. The number of thioether (sulfide) groups is 1. The van der Waals surface area contributed by atoms with Crippen LogP contribution in [0.25, 0.3) is 11.4 Å². The molecule has 3 aromatic rings. The van der Waals surface area contributed by atoms with E-state index in [2.05, 4.69) is 27.3 Å². The summed E-state index contributed by atoms with van der Waals surface area (Å²) >= 11 is 1.66. The molecule has 0 aliphatic heterocycles. The van der Waals surface area contributed by atoms with E-state index in [1.165, 1.54) is 5.56 Å². The molecule has 0 saturated heterocycles. The maximum atomic E-state index is 5.16. The van der Waals surface area contributed by atoms with Crippen LogP contribution in [0.3, 0.4) is 0 Å². The number of ether oxygens (including phenoxy) is 1. The molecule has 0 unspecified atom stereocenters. The summed E-state index contributed by atoms with van der Waals surface area (Å²) < 4.78 is 5.16. The maximum Gasteiger partial charge on any atom is 0.208 e. The van der Waals surface area contributed by atoms with Crippen LogP contribution in [0.5, 0.6) is 5.75 Å². The predicted octanol–water partition coefficient (Wildman–Crippen LogP) is 3.82. The molecule has 4 nitrogen and oxygen atoms in total. The van der Waals surface area contributed by atoms with Crippen molar-refractivity contribution in [1.82, 2.24) is 15.2 Å².